The molecule has 1 atom stereocenters. The van der Waals surface area contributed by atoms with Crippen LogP contribution in [0.3, 0.4) is 0 Å². The van der Waals surface area contributed by atoms with Gasteiger partial charge in [0.25, 0.3) is 38.6 Å². The molecule has 1 unspecified atom stereocenters. The van der Waals surface area contributed by atoms with Crippen LogP contribution >= 0.6 is 174 Å². The van der Waals surface area contributed by atoms with Gasteiger partial charge in [-0.15, -0.1) is 11.8 Å². The van der Waals surface area contributed by atoms with E-state index in [0.717, 1.165) is 56.9 Å². The minimum absolute atomic E-state index is 0. The molecule has 2 fully saturated rings. The molecule has 3 amide bonds. The fourth-order valence-electron chi connectivity index (χ4n) is 10.1. The number of thioether (sulfide) groups is 2. The number of halogens is 7. The number of anilines is 2. The molecule has 118 heavy (non-hydrogen) atoms. The number of aromatic nitrogens is 6. The molecule has 32 heteroatoms. The quantitative estimate of drug-likeness (QED) is 0.0935. The third-order valence-corrected chi connectivity index (χ3v) is 26.5. The number of benzene rings is 8. The van der Waals surface area contributed by atoms with Gasteiger partial charge in [-0.1, -0.05) is 270 Å². The van der Waals surface area contributed by atoms with Crippen LogP contribution < -0.4 is 43.2 Å². The summed E-state index contributed by atoms with van der Waals surface area (Å²) in [6.45, 7) is 18.8. The predicted molar refractivity (Wildman–Crippen MR) is 509 cm³/mol. The molecule has 620 valence electrons. The van der Waals surface area contributed by atoms with Gasteiger partial charge in [-0.25, -0.2) is 20.7 Å². The molecule has 0 radical (unpaired) electrons. The zero-order valence-electron chi connectivity index (χ0n) is 62.9. The molecule has 0 aliphatic carbocycles. The highest BCUT2D eigenvalue weighted by Gasteiger charge is 2.32. The first kappa shape index (κ1) is 98.5. The van der Waals surface area contributed by atoms with Crippen LogP contribution in [-0.4, -0.2) is 57.1 Å². The van der Waals surface area contributed by atoms with Crippen molar-refractivity contribution in [3.63, 3.8) is 0 Å². The second-order valence-electron chi connectivity index (χ2n) is 25.4. The highest BCUT2D eigenvalue weighted by Crippen LogP contribution is 2.34. The Bertz CT molecular complexity index is 5810. The lowest BCUT2D eigenvalue weighted by molar-refractivity contribution is -0.116. The Morgan fingerprint density at radius 2 is 0.661 bits per heavy atom. The summed E-state index contributed by atoms with van der Waals surface area (Å²) in [7, 11) is 0. The van der Waals surface area contributed by atoms with Gasteiger partial charge in [-0.2, -0.15) is 0 Å². The van der Waals surface area contributed by atoms with Crippen LogP contribution in [0.5, 0.6) is 0 Å². The van der Waals surface area contributed by atoms with Crippen LogP contribution in [0.4, 0.5) is 16.2 Å². The Balaban J connectivity index is 0.000000209. The van der Waals surface area contributed by atoms with Gasteiger partial charge in [0, 0.05) is 41.1 Å². The Kier molecular flexibility index (Phi) is 39.3. The van der Waals surface area contributed by atoms with Gasteiger partial charge in [-0.05, 0) is 227 Å². The number of hydrogen-bond donors (Lipinski definition) is 0. The normalized spacial score (nSPS) is 12.3. The van der Waals surface area contributed by atoms with E-state index in [1.807, 2.05) is 230 Å². The van der Waals surface area contributed by atoms with Gasteiger partial charge in [0.05, 0.1) is 53.0 Å². The number of amides is 3. The van der Waals surface area contributed by atoms with Crippen molar-refractivity contribution < 1.29 is 14.4 Å². The second-order valence-corrected chi connectivity index (χ2v) is 37.8. The zero-order valence-corrected chi connectivity index (χ0v) is 74.8. The van der Waals surface area contributed by atoms with Gasteiger partial charge in [0.1, 0.15) is 26.0 Å². The highest BCUT2D eigenvalue weighted by atomic mass is 35.5. The minimum atomic E-state index is -0.259. The third kappa shape index (κ3) is 28.1. The molecular weight excluding hydrogens is 1790 g/mol. The fraction of sp³-hybridized carbons (Fsp3) is 0.198. The highest BCUT2D eigenvalue weighted by molar-refractivity contribution is 8.15. The SMILES string of the molecule is C.C.C.Cc1ccc(-n2sc(Cl)c(C)c2=O)cc1.Cc1ccc(-n2sc(Cl)c(C)c2=O)cc1C.Cc1ccc(-n2sc(Cl)cc2=O)cc1.Cc1ccc(-n2sc(Cl)cc2=O)cc1.Cc1ccc(N2C(=O)CSC2=O)cc1.Cc1ccc(N2C(=O)CSC2Cl)cc1.O=c1cc(Cl)sn1Cc1ccccc1.O=c1cc(Cl)sn1Cc1ccccc1. The van der Waals surface area contributed by atoms with E-state index < -0.39 is 0 Å². The number of aryl methyl sites for hydroxylation is 7. The fourth-order valence-corrected chi connectivity index (χ4v) is 18.4. The van der Waals surface area contributed by atoms with Crippen LogP contribution in [0, 0.1) is 62.3 Å². The summed E-state index contributed by atoms with van der Waals surface area (Å²) < 4.78 is 12.9. The monoisotopic (exact) mass is 1870 g/mol. The second kappa shape index (κ2) is 47.0. The molecule has 2 aliphatic rings. The van der Waals surface area contributed by atoms with E-state index in [9.17, 15) is 43.2 Å². The number of carbonyl (C=O) groups excluding carboxylic acids is 3. The van der Waals surface area contributed by atoms with Gasteiger partial charge >= 0.3 is 0 Å². The van der Waals surface area contributed by atoms with E-state index in [-0.39, 0.29) is 83.3 Å². The first-order valence-corrected chi connectivity index (χ1v) is 44.0. The van der Waals surface area contributed by atoms with Crippen molar-refractivity contribution in [2.45, 2.75) is 103 Å². The smallest absolute Gasteiger partial charge is 0.285 e. The maximum atomic E-state index is 11.9. The molecule has 0 N–H and O–H groups in total. The third-order valence-electron chi connectivity index (χ3n) is 16.6. The summed E-state index contributed by atoms with van der Waals surface area (Å²) in [4.78, 5) is 106. The Morgan fingerprint density at radius 3 is 0.958 bits per heavy atom. The van der Waals surface area contributed by atoms with Crippen molar-refractivity contribution in [1.82, 2.24) is 23.7 Å². The number of carbonyl (C=O) groups is 3. The number of alkyl halides is 1. The molecule has 6 aromatic heterocycles. The molecule has 2 aliphatic heterocycles. The maximum absolute atomic E-state index is 11.9. The molecule has 0 saturated carbocycles. The van der Waals surface area contributed by atoms with Crippen molar-refractivity contribution in [2.75, 3.05) is 21.3 Å². The maximum Gasteiger partial charge on any atom is 0.293 e. The number of nitrogens with zero attached hydrogens (tertiary/aromatic N) is 8. The van der Waals surface area contributed by atoms with E-state index in [1.54, 1.807) is 54.6 Å². The Hall–Kier alpha value is -8.32. The van der Waals surface area contributed by atoms with Crippen molar-refractivity contribution in [1.29, 1.82) is 0 Å². The number of hydrogen-bond acceptors (Lipinski definition) is 17. The van der Waals surface area contributed by atoms with Crippen molar-refractivity contribution in [3.8, 4) is 22.7 Å². The average molecular weight is 1880 g/mol. The van der Waals surface area contributed by atoms with Gasteiger partial charge in [-0.3, -0.25) is 56.0 Å². The average Bonchev–Trinajstić information content (AvgIpc) is 1.67. The number of rotatable bonds is 10. The molecule has 0 spiro atoms. The Labute approximate surface area is 753 Å². The molecule has 14 aromatic rings. The molecule has 17 nitrogen and oxygen atoms in total. The van der Waals surface area contributed by atoms with Crippen molar-refractivity contribution in [2.24, 2.45) is 0 Å². The molecule has 8 aromatic carbocycles. The van der Waals surface area contributed by atoms with Crippen molar-refractivity contribution in [3.05, 3.63) is 374 Å². The van der Waals surface area contributed by atoms with E-state index in [1.165, 1.54) is 144 Å². The zero-order chi connectivity index (χ0) is 83.3. The lowest BCUT2D eigenvalue weighted by Gasteiger charge is -2.18. The first-order valence-electron chi connectivity index (χ1n) is 34.7. The standard InChI is InChI=1S/C12H12ClNOS.C11H10ClNOS.C10H10ClNOS.4C10H8ClNOS.C10H9NO2S.3CH4/c1-7-4-5-10(6-8(7)2)14-12(15)9(3)11(13)16-14;1-7-3-5-9(6-4-7)13-11(14)8(2)10(12)15-13;1-7-2-4-8(5-3-7)12-9(13)6-14-10(12)11;2*1-7-2-4-8(5-3-7)12-10(13)6-9(11)14-12;2*11-9-6-10(13)12(14-9)7-8-4-2-1-3-5-8;1-7-2-4-8(5-3-7)11-9(12)6-14-10(11)13;;;/h4-6H,1-3H3;3-6H,1-2H3;2-5,10H,6H2,1H3;2*2-6H,1H3;2*1-6H,7H2;2-5H,6H2,1H3;3*1H4. The summed E-state index contributed by atoms with van der Waals surface area (Å²) in [5, 5.41) is -0.182. The molecule has 0 bridgehead atoms. The predicted octanol–water partition coefficient (Wildman–Crippen LogP) is 24.3. The summed E-state index contributed by atoms with van der Waals surface area (Å²) in [5.41, 5.74) is 16.3. The molecule has 2 saturated heterocycles. The topological polar surface area (TPSA) is 190 Å². The van der Waals surface area contributed by atoms with Crippen LogP contribution in [0.25, 0.3) is 22.7 Å². The van der Waals surface area contributed by atoms with E-state index >= 15 is 0 Å². The summed E-state index contributed by atoms with van der Waals surface area (Å²) in [6.07, 6.45) is 0. The number of imide groups is 1. The van der Waals surface area contributed by atoms with E-state index in [0.29, 0.717) is 61.7 Å². The van der Waals surface area contributed by atoms with Gasteiger partial charge < -0.3 is 0 Å². The largest absolute Gasteiger partial charge is 0.293 e. The van der Waals surface area contributed by atoms with Gasteiger partial charge in [0.15, 0.2) is 4.83 Å². The van der Waals surface area contributed by atoms with Crippen LogP contribution in [-0.2, 0) is 22.7 Å². The summed E-state index contributed by atoms with van der Waals surface area (Å²) >= 11 is 50.9. The minimum Gasteiger partial charge on any atom is -0.285 e. The van der Waals surface area contributed by atoms with E-state index in [2.05, 4.69) is 6.92 Å². The van der Waals surface area contributed by atoms with Gasteiger partial charge in [0.2, 0.25) is 11.8 Å². The molecular formula is C86H85Cl7N8O9S8. The lowest BCUT2D eigenvalue weighted by atomic mass is 10.1. The van der Waals surface area contributed by atoms with Crippen LogP contribution in [0.2, 0.25) is 26.0 Å². The molecule has 16 rings (SSSR count). The van der Waals surface area contributed by atoms with Crippen LogP contribution in [0.1, 0.15) is 83.5 Å². The lowest BCUT2D eigenvalue weighted by Crippen LogP contribution is -2.29. The molecule has 8 heterocycles. The van der Waals surface area contributed by atoms with Crippen molar-refractivity contribution >= 4 is 202 Å². The van der Waals surface area contributed by atoms with Crippen LogP contribution in [0.15, 0.2) is 253 Å². The summed E-state index contributed by atoms with van der Waals surface area (Å²) in [5.74, 6) is 0.678. The first-order chi connectivity index (χ1) is 54.8. The Morgan fingerprint density at radius 1 is 0.331 bits per heavy atom. The summed E-state index contributed by atoms with van der Waals surface area (Å²) in [6, 6.07) is 69.8. The van der Waals surface area contributed by atoms with E-state index in [4.69, 9.17) is 81.2 Å².